The summed E-state index contributed by atoms with van der Waals surface area (Å²) in [4.78, 5) is 38.0. The Bertz CT molecular complexity index is 918. The zero-order valence-corrected chi connectivity index (χ0v) is 41.6. The molecule has 0 aliphatic heterocycles. The Hall–Kier alpha value is -1.59. The molecule has 0 aliphatic carbocycles. The summed E-state index contributed by atoms with van der Waals surface area (Å²) < 4.78 is 16.8. The predicted molar refractivity (Wildman–Crippen MR) is 261 cm³/mol. The summed E-state index contributed by atoms with van der Waals surface area (Å²) in [5.41, 5.74) is 0. The second kappa shape index (κ2) is 49.4. The second-order valence-electron chi connectivity index (χ2n) is 19.3. The van der Waals surface area contributed by atoms with Crippen molar-refractivity contribution in [1.29, 1.82) is 0 Å². The minimum Gasteiger partial charge on any atom is -0.462 e. The lowest BCUT2D eigenvalue weighted by molar-refractivity contribution is -0.167. The van der Waals surface area contributed by atoms with E-state index in [-0.39, 0.29) is 31.1 Å². The van der Waals surface area contributed by atoms with Crippen LogP contribution in [-0.4, -0.2) is 37.2 Å². The van der Waals surface area contributed by atoms with E-state index in [1.54, 1.807) is 0 Å². The van der Waals surface area contributed by atoms with Crippen LogP contribution < -0.4 is 0 Å². The Morgan fingerprint density at radius 2 is 0.541 bits per heavy atom. The summed E-state index contributed by atoms with van der Waals surface area (Å²) in [7, 11) is 0. The molecule has 0 bridgehead atoms. The van der Waals surface area contributed by atoms with Crippen molar-refractivity contribution in [2.75, 3.05) is 13.2 Å². The van der Waals surface area contributed by atoms with Crippen LogP contribution in [0.15, 0.2) is 0 Å². The molecule has 0 saturated carbocycles. The molecule has 362 valence electrons. The van der Waals surface area contributed by atoms with Gasteiger partial charge in [0.1, 0.15) is 13.2 Å². The first-order valence-electron chi connectivity index (χ1n) is 27.4. The summed E-state index contributed by atoms with van der Waals surface area (Å²) in [5.74, 6) is -0.0458. The fourth-order valence-corrected chi connectivity index (χ4v) is 8.39. The van der Waals surface area contributed by atoms with Crippen LogP contribution in [0.4, 0.5) is 0 Å². The molecular weight excluding hydrogens is 757 g/mol. The van der Waals surface area contributed by atoms with Crippen LogP contribution in [0, 0.1) is 5.92 Å². The summed E-state index contributed by atoms with van der Waals surface area (Å²) in [6, 6.07) is 0. The highest BCUT2D eigenvalue weighted by Gasteiger charge is 2.19. The molecule has 1 atom stereocenters. The molecule has 0 aromatic heterocycles. The van der Waals surface area contributed by atoms with Crippen molar-refractivity contribution in [3.63, 3.8) is 0 Å². The van der Waals surface area contributed by atoms with Crippen LogP contribution in [0.5, 0.6) is 0 Å². The third-order valence-electron chi connectivity index (χ3n) is 12.5. The summed E-state index contributed by atoms with van der Waals surface area (Å²) in [6.45, 7) is 9.01. The first kappa shape index (κ1) is 59.4. The molecule has 6 nitrogen and oxygen atoms in total. The lowest BCUT2D eigenvalue weighted by Crippen LogP contribution is -2.30. The molecule has 0 saturated heterocycles. The molecule has 61 heavy (non-hydrogen) atoms. The van der Waals surface area contributed by atoms with Crippen LogP contribution in [0.3, 0.4) is 0 Å². The normalized spacial score (nSPS) is 12.0. The van der Waals surface area contributed by atoms with Gasteiger partial charge in [0.2, 0.25) is 0 Å². The Balaban J connectivity index is 4.27. The van der Waals surface area contributed by atoms with Crippen molar-refractivity contribution < 1.29 is 28.6 Å². The molecule has 0 aromatic rings. The SMILES string of the molecule is CCCCCCCCCCCCCCCCCCCCC(=O)O[C@@H](COC(=O)CCCCCCCCCCCCCCCC)COC(=O)CCCCCCCCCCC(C)C. The summed E-state index contributed by atoms with van der Waals surface area (Å²) >= 11 is 0. The lowest BCUT2D eigenvalue weighted by Gasteiger charge is -2.18. The van der Waals surface area contributed by atoms with E-state index in [1.807, 2.05) is 0 Å². The zero-order chi connectivity index (χ0) is 44.5. The number of unbranched alkanes of at least 4 members (excludes halogenated alkanes) is 37. The Morgan fingerprint density at radius 3 is 0.803 bits per heavy atom. The molecule has 0 heterocycles. The Kier molecular flexibility index (Phi) is 48.1. The fourth-order valence-electron chi connectivity index (χ4n) is 8.39. The van der Waals surface area contributed by atoms with Crippen LogP contribution in [0.25, 0.3) is 0 Å². The van der Waals surface area contributed by atoms with Gasteiger partial charge in [-0.3, -0.25) is 14.4 Å². The van der Waals surface area contributed by atoms with Crippen molar-refractivity contribution in [2.45, 2.75) is 316 Å². The van der Waals surface area contributed by atoms with Gasteiger partial charge < -0.3 is 14.2 Å². The van der Waals surface area contributed by atoms with E-state index >= 15 is 0 Å². The molecule has 0 unspecified atom stereocenters. The highest BCUT2D eigenvalue weighted by Crippen LogP contribution is 2.17. The minimum atomic E-state index is -0.761. The maximum Gasteiger partial charge on any atom is 0.306 e. The van der Waals surface area contributed by atoms with Gasteiger partial charge in [-0.2, -0.15) is 0 Å². The van der Waals surface area contributed by atoms with Gasteiger partial charge in [-0.05, 0) is 25.2 Å². The van der Waals surface area contributed by atoms with Crippen molar-refractivity contribution in [1.82, 2.24) is 0 Å². The highest BCUT2D eigenvalue weighted by atomic mass is 16.6. The van der Waals surface area contributed by atoms with Crippen LogP contribution >= 0.6 is 0 Å². The Morgan fingerprint density at radius 1 is 0.311 bits per heavy atom. The van der Waals surface area contributed by atoms with Gasteiger partial charge in [0.15, 0.2) is 6.10 Å². The molecule has 0 rings (SSSR count). The zero-order valence-electron chi connectivity index (χ0n) is 41.6. The fraction of sp³-hybridized carbons (Fsp3) is 0.945. The number of carbonyl (C=O) groups is 3. The van der Waals surface area contributed by atoms with Crippen molar-refractivity contribution >= 4 is 17.9 Å². The first-order valence-corrected chi connectivity index (χ1v) is 27.4. The van der Waals surface area contributed by atoms with Gasteiger partial charge in [0.05, 0.1) is 0 Å². The quantitative estimate of drug-likeness (QED) is 0.0344. The van der Waals surface area contributed by atoms with Crippen LogP contribution in [0.1, 0.15) is 310 Å². The molecule has 0 aromatic carbocycles. The molecular formula is C55H106O6. The second-order valence-corrected chi connectivity index (χ2v) is 19.3. The molecule has 0 amide bonds. The van der Waals surface area contributed by atoms with Crippen LogP contribution in [0.2, 0.25) is 0 Å². The van der Waals surface area contributed by atoms with Gasteiger partial charge >= 0.3 is 17.9 Å². The number of esters is 3. The van der Waals surface area contributed by atoms with E-state index in [2.05, 4.69) is 27.7 Å². The average molecular weight is 863 g/mol. The first-order chi connectivity index (χ1) is 29.9. The van der Waals surface area contributed by atoms with Gasteiger partial charge in [-0.1, -0.05) is 272 Å². The third kappa shape index (κ3) is 49.3. The monoisotopic (exact) mass is 863 g/mol. The summed E-state index contributed by atoms with van der Waals surface area (Å²) in [5, 5.41) is 0. The van der Waals surface area contributed by atoms with E-state index in [1.165, 1.54) is 205 Å². The predicted octanol–water partition coefficient (Wildman–Crippen LogP) is 17.8. The number of ether oxygens (including phenoxy) is 3. The molecule has 0 N–H and O–H groups in total. The van der Waals surface area contributed by atoms with Crippen molar-refractivity contribution in [3.05, 3.63) is 0 Å². The standard InChI is InChI=1S/C55H106O6/c1-5-7-9-11-13-15-17-19-21-22-23-24-26-28-30-36-40-44-48-55(58)61-52(50-60-54(57)47-43-39-35-32-31-33-37-41-45-51(3)4)49-59-53(56)46-42-38-34-29-27-25-20-18-16-14-12-10-8-6-2/h51-52H,5-50H2,1-4H3/t52-/m0/s1. The number of rotatable bonds is 50. The average Bonchev–Trinajstić information content (AvgIpc) is 3.24. The summed E-state index contributed by atoms with van der Waals surface area (Å²) in [6.07, 6.45) is 52.4. The third-order valence-corrected chi connectivity index (χ3v) is 12.5. The van der Waals surface area contributed by atoms with E-state index in [4.69, 9.17) is 14.2 Å². The Labute approximate surface area is 380 Å². The van der Waals surface area contributed by atoms with Gasteiger partial charge in [-0.15, -0.1) is 0 Å². The van der Waals surface area contributed by atoms with E-state index in [9.17, 15) is 14.4 Å². The largest absolute Gasteiger partial charge is 0.462 e. The number of carbonyl (C=O) groups excluding carboxylic acids is 3. The highest BCUT2D eigenvalue weighted by molar-refractivity contribution is 5.71. The van der Waals surface area contributed by atoms with E-state index in [0.717, 1.165) is 63.7 Å². The van der Waals surface area contributed by atoms with E-state index in [0.29, 0.717) is 19.3 Å². The van der Waals surface area contributed by atoms with E-state index < -0.39 is 6.10 Å². The maximum absolute atomic E-state index is 12.8. The molecule has 0 radical (unpaired) electrons. The smallest absolute Gasteiger partial charge is 0.306 e. The number of hydrogen-bond acceptors (Lipinski definition) is 6. The molecule has 0 fully saturated rings. The lowest BCUT2D eigenvalue weighted by atomic mass is 10.0. The topological polar surface area (TPSA) is 78.9 Å². The van der Waals surface area contributed by atoms with Crippen LogP contribution in [-0.2, 0) is 28.6 Å². The molecule has 6 heteroatoms. The van der Waals surface area contributed by atoms with Gasteiger partial charge in [0, 0.05) is 19.3 Å². The maximum atomic E-state index is 12.8. The molecule has 0 aliphatic rings. The van der Waals surface area contributed by atoms with Gasteiger partial charge in [0.25, 0.3) is 0 Å². The van der Waals surface area contributed by atoms with Crippen molar-refractivity contribution in [2.24, 2.45) is 5.92 Å². The molecule has 0 spiro atoms. The number of hydrogen-bond donors (Lipinski definition) is 0. The van der Waals surface area contributed by atoms with Gasteiger partial charge in [-0.25, -0.2) is 0 Å². The minimum absolute atomic E-state index is 0.0627. The van der Waals surface area contributed by atoms with Crippen molar-refractivity contribution in [3.8, 4) is 0 Å².